The van der Waals surface area contributed by atoms with E-state index < -0.39 is 10.2 Å². The van der Waals surface area contributed by atoms with Crippen LogP contribution in [0.1, 0.15) is 26.2 Å². The molecule has 0 N–H and O–H groups in total. The van der Waals surface area contributed by atoms with Gasteiger partial charge in [0.15, 0.2) is 0 Å². The van der Waals surface area contributed by atoms with Gasteiger partial charge in [0.05, 0.1) is 12.7 Å². The first-order valence-electron chi connectivity index (χ1n) is 5.97. The number of piperidine rings is 1. The second kappa shape index (κ2) is 5.00. The largest absolute Gasteiger partial charge is 0.376 e. The molecule has 2 heterocycles. The van der Waals surface area contributed by atoms with Crippen LogP contribution in [0.4, 0.5) is 0 Å². The molecule has 6 heteroatoms. The minimum Gasteiger partial charge on any atom is -0.376 e. The van der Waals surface area contributed by atoms with Crippen molar-refractivity contribution in [3.05, 3.63) is 0 Å². The molecular formula is C10H20N2O3S. The minimum atomic E-state index is -3.23. The van der Waals surface area contributed by atoms with Crippen LogP contribution in [0.15, 0.2) is 0 Å². The Morgan fingerprint density at radius 3 is 2.38 bits per heavy atom. The third-order valence-corrected chi connectivity index (χ3v) is 5.17. The number of rotatable bonds is 2. The first-order valence-corrected chi connectivity index (χ1v) is 7.37. The summed E-state index contributed by atoms with van der Waals surface area (Å²) in [5, 5.41) is 0. The van der Waals surface area contributed by atoms with Gasteiger partial charge in [0.25, 0.3) is 10.2 Å². The summed E-state index contributed by atoms with van der Waals surface area (Å²) in [5.74, 6) is 0. The van der Waals surface area contributed by atoms with E-state index in [-0.39, 0.29) is 6.10 Å². The average molecular weight is 248 g/mol. The van der Waals surface area contributed by atoms with E-state index in [0.717, 1.165) is 19.3 Å². The van der Waals surface area contributed by atoms with E-state index in [0.29, 0.717) is 32.8 Å². The monoisotopic (exact) mass is 248 g/mol. The fourth-order valence-electron chi connectivity index (χ4n) is 2.25. The van der Waals surface area contributed by atoms with Crippen molar-refractivity contribution >= 4 is 10.2 Å². The van der Waals surface area contributed by atoms with Crippen LogP contribution in [0.5, 0.6) is 0 Å². The second-order valence-electron chi connectivity index (χ2n) is 4.51. The molecule has 16 heavy (non-hydrogen) atoms. The predicted molar refractivity (Wildman–Crippen MR) is 61.3 cm³/mol. The van der Waals surface area contributed by atoms with Gasteiger partial charge in [-0.1, -0.05) is 6.42 Å². The Bertz CT molecular complexity index is 325. The van der Waals surface area contributed by atoms with Crippen molar-refractivity contribution in [3.63, 3.8) is 0 Å². The van der Waals surface area contributed by atoms with Crippen molar-refractivity contribution in [3.8, 4) is 0 Å². The van der Waals surface area contributed by atoms with E-state index in [4.69, 9.17) is 4.74 Å². The zero-order chi connectivity index (χ0) is 11.6. The molecule has 0 bridgehead atoms. The van der Waals surface area contributed by atoms with Gasteiger partial charge in [-0.15, -0.1) is 0 Å². The van der Waals surface area contributed by atoms with E-state index in [2.05, 4.69) is 0 Å². The van der Waals surface area contributed by atoms with Gasteiger partial charge in [0.2, 0.25) is 0 Å². The first-order chi connectivity index (χ1) is 7.60. The van der Waals surface area contributed by atoms with E-state index in [1.165, 1.54) is 0 Å². The molecule has 5 nitrogen and oxygen atoms in total. The van der Waals surface area contributed by atoms with Crippen molar-refractivity contribution < 1.29 is 13.2 Å². The molecular weight excluding hydrogens is 228 g/mol. The van der Waals surface area contributed by atoms with Crippen LogP contribution >= 0.6 is 0 Å². The highest BCUT2D eigenvalue weighted by Gasteiger charge is 2.33. The van der Waals surface area contributed by atoms with Gasteiger partial charge in [-0.2, -0.15) is 17.0 Å². The molecule has 2 saturated heterocycles. The summed E-state index contributed by atoms with van der Waals surface area (Å²) < 4.78 is 33.1. The predicted octanol–water partition coefficient (Wildman–Crippen LogP) is 0.438. The molecule has 2 rings (SSSR count). The summed E-state index contributed by atoms with van der Waals surface area (Å²) in [5.41, 5.74) is 0. The van der Waals surface area contributed by atoms with Gasteiger partial charge in [0, 0.05) is 26.2 Å². The Morgan fingerprint density at radius 1 is 1.06 bits per heavy atom. The molecule has 0 spiro atoms. The number of hydrogen-bond donors (Lipinski definition) is 0. The quantitative estimate of drug-likeness (QED) is 0.712. The summed E-state index contributed by atoms with van der Waals surface area (Å²) in [7, 11) is -3.23. The molecule has 2 fully saturated rings. The van der Waals surface area contributed by atoms with Crippen LogP contribution in [0.3, 0.4) is 0 Å². The standard InChI is InChI=1S/C10H20N2O3S/c1-10-9-12(7-8-15-10)16(13,14)11-5-3-2-4-6-11/h10H,2-9H2,1H3/t10-/m1/s1. The molecule has 0 amide bonds. The fourth-order valence-corrected chi connectivity index (χ4v) is 4.00. The van der Waals surface area contributed by atoms with Gasteiger partial charge in [0.1, 0.15) is 0 Å². The highest BCUT2D eigenvalue weighted by molar-refractivity contribution is 7.86. The summed E-state index contributed by atoms with van der Waals surface area (Å²) in [4.78, 5) is 0. The molecule has 0 radical (unpaired) electrons. The molecule has 2 aliphatic rings. The molecule has 94 valence electrons. The molecule has 2 aliphatic heterocycles. The van der Waals surface area contributed by atoms with Crippen molar-refractivity contribution in [1.29, 1.82) is 0 Å². The number of nitrogens with zero attached hydrogens (tertiary/aromatic N) is 2. The fraction of sp³-hybridized carbons (Fsp3) is 1.00. The number of hydrogen-bond acceptors (Lipinski definition) is 3. The lowest BCUT2D eigenvalue weighted by atomic mass is 10.2. The molecule has 0 aromatic carbocycles. The third-order valence-electron chi connectivity index (χ3n) is 3.17. The smallest absolute Gasteiger partial charge is 0.282 e. The molecule has 0 unspecified atom stereocenters. The van der Waals surface area contributed by atoms with Crippen molar-refractivity contribution in [2.45, 2.75) is 32.3 Å². The molecule has 0 aliphatic carbocycles. The second-order valence-corrected chi connectivity index (χ2v) is 6.44. The maximum Gasteiger partial charge on any atom is 0.282 e. The summed E-state index contributed by atoms with van der Waals surface area (Å²) in [6.45, 7) is 4.75. The Kier molecular flexibility index (Phi) is 3.84. The normalized spacial score (nSPS) is 30.4. The summed E-state index contributed by atoms with van der Waals surface area (Å²) in [6, 6.07) is 0. The van der Waals surface area contributed by atoms with Gasteiger partial charge in [-0.3, -0.25) is 0 Å². The van der Waals surface area contributed by atoms with Crippen molar-refractivity contribution in [1.82, 2.24) is 8.61 Å². The van der Waals surface area contributed by atoms with Crippen LogP contribution in [0, 0.1) is 0 Å². The van der Waals surface area contributed by atoms with Gasteiger partial charge >= 0.3 is 0 Å². The van der Waals surface area contributed by atoms with Crippen molar-refractivity contribution in [2.24, 2.45) is 0 Å². The third kappa shape index (κ3) is 2.56. The Morgan fingerprint density at radius 2 is 1.75 bits per heavy atom. The number of morpholine rings is 1. The Hall–Kier alpha value is -0.170. The lowest BCUT2D eigenvalue weighted by Gasteiger charge is -2.35. The Labute approximate surface area is 97.5 Å². The zero-order valence-electron chi connectivity index (χ0n) is 9.76. The SMILES string of the molecule is C[C@@H]1CN(S(=O)(=O)N2CCCCC2)CCO1. The van der Waals surface area contributed by atoms with Crippen LogP contribution in [-0.4, -0.2) is 55.9 Å². The maximum atomic E-state index is 12.3. The molecule has 0 saturated carbocycles. The molecule has 0 aromatic rings. The van der Waals surface area contributed by atoms with E-state index in [1.54, 1.807) is 8.61 Å². The van der Waals surface area contributed by atoms with E-state index >= 15 is 0 Å². The minimum absolute atomic E-state index is 0.00770. The molecule has 0 aromatic heterocycles. The van der Waals surface area contributed by atoms with E-state index in [9.17, 15) is 8.42 Å². The van der Waals surface area contributed by atoms with E-state index in [1.807, 2.05) is 6.92 Å². The van der Waals surface area contributed by atoms with Gasteiger partial charge in [-0.25, -0.2) is 0 Å². The van der Waals surface area contributed by atoms with Crippen LogP contribution in [0.25, 0.3) is 0 Å². The summed E-state index contributed by atoms with van der Waals surface area (Å²) in [6.07, 6.45) is 3.12. The Balaban J connectivity index is 2.05. The topological polar surface area (TPSA) is 49.9 Å². The van der Waals surface area contributed by atoms with Gasteiger partial charge < -0.3 is 4.74 Å². The maximum absolute atomic E-state index is 12.3. The van der Waals surface area contributed by atoms with Crippen LogP contribution in [0.2, 0.25) is 0 Å². The zero-order valence-corrected chi connectivity index (χ0v) is 10.6. The van der Waals surface area contributed by atoms with Crippen LogP contribution in [-0.2, 0) is 14.9 Å². The lowest BCUT2D eigenvalue weighted by molar-refractivity contribution is 0.00807. The number of ether oxygens (including phenoxy) is 1. The average Bonchev–Trinajstić information content (AvgIpc) is 2.30. The highest BCUT2D eigenvalue weighted by atomic mass is 32.2. The van der Waals surface area contributed by atoms with Crippen LogP contribution < -0.4 is 0 Å². The lowest BCUT2D eigenvalue weighted by Crippen LogP contribution is -2.51. The first kappa shape index (κ1) is 12.3. The highest BCUT2D eigenvalue weighted by Crippen LogP contribution is 2.18. The van der Waals surface area contributed by atoms with Gasteiger partial charge in [-0.05, 0) is 19.8 Å². The molecule has 1 atom stereocenters. The summed E-state index contributed by atoms with van der Waals surface area (Å²) >= 11 is 0. The van der Waals surface area contributed by atoms with Crippen molar-refractivity contribution in [2.75, 3.05) is 32.8 Å².